The summed E-state index contributed by atoms with van der Waals surface area (Å²) in [5, 5.41) is 29.7. The molecule has 0 heterocycles. The Kier molecular flexibility index (Phi) is 3.74. The minimum absolute atomic E-state index is 0.125. The van der Waals surface area contributed by atoms with Crippen molar-refractivity contribution in [1.82, 2.24) is 0 Å². The van der Waals surface area contributed by atoms with Crippen molar-refractivity contribution in [1.29, 1.82) is 10.5 Å². The largest absolute Gasteiger partial charge is 0.393 e. The lowest BCUT2D eigenvalue weighted by Crippen LogP contribution is -2.56. The summed E-state index contributed by atoms with van der Waals surface area (Å²) in [7, 11) is 0. The quantitative estimate of drug-likeness (QED) is 0.722. The van der Waals surface area contributed by atoms with Crippen molar-refractivity contribution in [3.05, 3.63) is 0 Å². The minimum Gasteiger partial charge on any atom is -0.393 e. The van der Waals surface area contributed by atoms with Crippen LogP contribution < -0.4 is 0 Å². The Bertz CT molecular complexity index is 604. The second kappa shape index (κ2) is 5.47. The molecule has 0 spiro atoms. The molecule has 24 heavy (non-hydrogen) atoms. The van der Waals surface area contributed by atoms with Crippen LogP contribution >= 0.6 is 0 Å². The van der Waals surface area contributed by atoms with Crippen LogP contribution in [-0.4, -0.2) is 11.2 Å². The van der Waals surface area contributed by atoms with Crippen molar-refractivity contribution in [2.24, 2.45) is 46.3 Å². The Balaban J connectivity index is 1.71. The molecule has 4 aliphatic rings. The Morgan fingerprint density at radius 1 is 0.875 bits per heavy atom. The molecule has 3 heteroatoms. The maximum absolute atomic E-state index is 10.2. The van der Waals surface area contributed by atoms with Crippen molar-refractivity contribution < 1.29 is 5.11 Å². The third-order valence-electron chi connectivity index (χ3n) is 9.01. The van der Waals surface area contributed by atoms with Crippen LogP contribution in [0.15, 0.2) is 0 Å². The van der Waals surface area contributed by atoms with Crippen molar-refractivity contribution in [2.75, 3.05) is 0 Å². The summed E-state index contributed by atoms with van der Waals surface area (Å²) in [6, 6.07) is 5.25. The van der Waals surface area contributed by atoms with Gasteiger partial charge in [0.2, 0.25) is 0 Å². The number of nitrogens with zero attached hydrogens (tertiary/aromatic N) is 2. The highest BCUT2D eigenvalue weighted by molar-refractivity contribution is 5.16. The number of fused-ring (bicyclic) bond motifs is 5. The van der Waals surface area contributed by atoms with E-state index in [0.29, 0.717) is 29.1 Å². The Hall–Kier alpha value is -1.06. The number of aliphatic hydroxyl groups excluding tert-OH is 1. The van der Waals surface area contributed by atoms with E-state index in [9.17, 15) is 15.6 Å². The van der Waals surface area contributed by atoms with Crippen molar-refractivity contribution in [3.8, 4) is 12.1 Å². The fraction of sp³-hybridized carbons (Fsp3) is 0.905. The highest BCUT2D eigenvalue weighted by Crippen LogP contribution is 2.68. The summed E-state index contributed by atoms with van der Waals surface area (Å²) in [4.78, 5) is 0. The molecule has 4 fully saturated rings. The molecule has 3 nitrogen and oxygen atoms in total. The number of nitriles is 2. The van der Waals surface area contributed by atoms with E-state index >= 15 is 0 Å². The van der Waals surface area contributed by atoms with Crippen LogP contribution in [0.2, 0.25) is 0 Å². The summed E-state index contributed by atoms with van der Waals surface area (Å²) in [5.74, 6) is 2.45. The second-order valence-electron chi connectivity index (χ2n) is 9.70. The van der Waals surface area contributed by atoms with Crippen LogP contribution in [0.3, 0.4) is 0 Å². The van der Waals surface area contributed by atoms with Crippen molar-refractivity contribution in [3.63, 3.8) is 0 Å². The van der Waals surface area contributed by atoms with Gasteiger partial charge >= 0.3 is 0 Å². The Labute approximate surface area is 146 Å². The molecule has 5 unspecified atom stereocenters. The molecule has 0 aromatic heterocycles. The molecule has 0 aromatic carbocycles. The van der Waals surface area contributed by atoms with E-state index in [1.54, 1.807) is 0 Å². The zero-order valence-electron chi connectivity index (χ0n) is 15.0. The predicted molar refractivity (Wildman–Crippen MR) is 91.3 cm³/mol. The Morgan fingerprint density at radius 3 is 2.29 bits per heavy atom. The van der Waals surface area contributed by atoms with Crippen LogP contribution in [0.5, 0.6) is 0 Å². The molecular weight excluding hydrogens is 296 g/mol. The van der Waals surface area contributed by atoms with Gasteiger partial charge in [-0.15, -0.1) is 0 Å². The lowest BCUT2D eigenvalue weighted by molar-refractivity contribution is -0.138. The van der Waals surface area contributed by atoms with Gasteiger partial charge in [0.05, 0.1) is 24.2 Å². The van der Waals surface area contributed by atoms with Gasteiger partial charge in [-0.1, -0.05) is 13.8 Å². The van der Waals surface area contributed by atoms with Gasteiger partial charge in [0.15, 0.2) is 0 Å². The first kappa shape index (κ1) is 16.4. The third kappa shape index (κ3) is 2.04. The molecule has 0 amide bonds. The molecule has 4 aliphatic carbocycles. The summed E-state index contributed by atoms with van der Waals surface area (Å²) >= 11 is 0. The minimum atomic E-state index is -0.165. The molecule has 130 valence electrons. The second-order valence-corrected chi connectivity index (χ2v) is 9.70. The molecule has 4 rings (SSSR count). The van der Waals surface area contributed by atoms with Gasteiger partial charge in [0.25, 0.3) is 0 Å². The molecule has 0 aromatic rings. The lowest BCUT2D eigenvalue weighted by atomic mass is 9.42. The lowest BCUT2D eigenvalue weighted by Gasteiger charge is -2.61. The fourth-order valence-corrected chi connectivity index (χ4v) is 7.59. The van der Waals surface area contributed by atoms with E-state index in [1.165, 1.54) is 6.42 Å². The SMILES string of the molecule is C[C@]12CCC(O)CC1CC(C#N)[C@@H]1C2CC[C@]2(C)C(C#N)CC[C@@H]12. The maximum atomic E-state index is 10.2. The van der Waals surface area contributed by atoms with Gasteiger partial charge < -0.3 is 5.11 Å². The van der Waals surface area contributed by atoms with Gasteiger partial charge in [0.1, 0.15) is 0 Å². The zero-order chi connectivity index (χ0) is 17.1. The monoisotopic (exact) mass is 326 g/mol. The van der Waals surface area contributed by atoms with E-state index < -0.39 is 0 Å². The highest BCUT2D eigenvalue weighted by atomic mass is 16.3. The molecule has 0 bridgehead atoms. The van der Waals surface area contributed by atoms with Crippen LogP contribution in [-0.2, 0) is 0 Å². The third-order valence-corrected chi connectivity index (χ3v) is 9.01. The topological polar surface area (TPSA) is 67.8 Å². The summed E-state index contributed by atoms with van der Waals surface area (Å²) in [6.45, 7) is 4.79. The fourth-order valence-electron chi connectivity index (χ4n) is 7.59. The smallest absolute Gasteiger partial charge is 0.0661 e. The number of rotatable bonds is 0. The summed E-state index contributed by atoms with van der Waals surface area (Å²) in [6.07, 6.45) is 8.23. The normalized spacial score (nSPS) is 56.3. The van der Waals surface area contributed by atoms with Crippen molar-refractivity contribution >= 4 is 0 Å². The number of hydrogen-bond acceptors (Lipinski definition) is 3. The van der Waals surface area contributed by atoms with Crippen LogP contribution in [0.25, 0.3) is 0 Å². The first-order valence-corrected chi connectivity index (χ1v) is 9.91. The highest BCUT2D eigenvalue weighted by Gasteiger charge is 2.62. The number of hydrogen-bond donors (Lipinski definition) is 1. The molecule has 9 atom stereocenters. The van der Waals surface area contributed by atoms with Crippen LogP contribution in [0.4, 0.5) is 0 Å². The molecule has 0 saturated heterocycles. The average Bonchev–Trinajstić information content (AvgIpc) is 2.91. The van der Waals surface area contributed by atoms with E-state index in [0.717, 1.165) is 44.9 Å². The maximum Gasteiger partial charge on any atom is 0.0661 e. The van der Waals surface area contributed by atoms with Gasteiger partial charge in [-0.2, -0.15) is 10.5 Å². The Morgan fingerprint density at radius 2 is 1.58 bits per heavy atom. The van der Waals surface area contributed by atoms with E-state index in [4.69, 9.17) is 0 Å². The molecule has 4 saturated carbocycles. The molecular formula is C21H30N2O. The standard InChI is InChI=1S/C21H30N2O/c1-20-8-6-18-19(17(20)4-3-14(20)12-23)13(11-22)9-15-10-16(24)5-7-21(15,18)2/h13-19,24H,3-10H2,1-2H3/t13?,14?,15?,16?,17-,18?,19-,20+,21-/m0/s1. The van der Waals surface area contributed by atoms with Crippen LogP contribution in [0, 0.1) is 69.0 Å². The van der Waals surface area contributed by atoms with Crippen molar-refractivity contribution in [2.45, 2.75) is 71.3 Å². The number of aliphatic hydroxyl groups is 1. The van der Waals surface area contributed by atoms with E-state index in [1.807, 2.05) is 0 Å². The van der Waals surface area contributed by atoms with Gasteiger partial charge in [-0.25, -0.2) is 0 Å². The van der Waals surface area contributed by atoms with Gasteiger partial charge in [0, 0.05) is 5.92 Å². The zero-order valence-corrected chi connectivity index (χ0v) is 15.0. The molecule has 1 N–H and O–H groups in total. The first-order valence-electron chi connectivity index (χ1n) is 9.91. The van der Waals surface area contributed by atoms with Gasteiger partial charge in [-0.3, -0.25) is 0 Å². The molecule has 0 radical (unpaired) electrons. The predicted octanol–water partition coefficient (Wildman–Crippen LogP) is 4.28. The van der Waals surface area contributed by atoms with Gasteiger partial charge in [-0.05, 0) is 85.9 Å². The average molecular weight is 326 g/mol. The molecule has 0 aliphatic heterocycles. The summed E-state index contributed by atoms with van der Waals surface area (Å²) < 4.78 is 0. The van der Waals surface area contributed by atoms with Crippen LogP contribution in [0.1, 0.15) is 65.2 Å². The first-order chi connectivity index (χ1) is 11.4. The van der Waals surface area contributed by atoms with E-state index in [-0.39, 0.29) is 23.4 Å². The summed E-state index contributed by atoms with van der Waals surface area (Å²) in [5.41, 5.74) is 0.422. The van der Waals surface area contributed by atoms with E-state index in [2.05, 4.69) is 26.0 Å².